The lowest BCUT2D eigenvalue weighted by Gasteiger charge is -2.45. The predicted molar refractivity (Wildman–Crippen MR) is 73.5 cm³/mol. The molecule has 0 spiro atoms. The molecular weight excluding hydrogens is 222 g/mol. The topological polar surface area (TPSA) is 35.2 Å². The Labute approximate surface area is 110 Å². The Hall–Kier alpha value is -0.860. The van der Waals surface area contributed by atoms with E-state index in [-0.39, 0.29) is 5.54 Å². The van der Waals surface area contributed by atoms with Gasteiger partial charge in [-0.05, 0) is 48.6 Å². The normalized spacial score (nSPS) is 33.1. The van der Waals surface area contributed by atoms with Crippen molar-refractivity contribution in [3.63, 3.8) is 0 Å². The van der Waals surface area contributed by atoms with E-state index in [0.717, 1.165) is 32.5 Å². The number of rotatable bonds is 1. The van der Waals surface area contributed by atoms with E-state index in [2.05, 4.69) is 31.2 Å². The van der Waals surface area contributed by atoms with Crippen LogP contribution in [0.3, 0.4) is 0 Å². The Morgan fingerprint density at radius 3 is 2.67 bits per heavy atom. The zero-order valence-corrected chi connectivity index (χ0v) is 11.2. The molecule has 0 bridgehead atoms. The van der Waals surface area contributed by atoms with Crippen molar-refractivity contribution in [1.29, 1.82) is 0 Å². The number of hydrogen-bond acceptors (Lipinski definition) is 2. The van der Waals surface area contributed by atoms with Crippen LogP contribution in [-0.2, 0) is 10.3 Å². The molecule has 1 fully saturated rings. The highest BCUT2D eigenvalue weighted by Gasteiger charge is 2.41. The Balaban J connectivity index is 1.99. The maximum atomic E-state index is 6.85. The molecule has 1 heterocycles. The van der Waals surface area contributed by atoms with Gasteiger partial charge in [-0.1, -0.05) is 31.2 Å². The second-order valence-corrected chi connectivity index (χ2v) is 5.95. The van der Waals surface area contributed by atoms with Gasteiger partial charge in [-0.25, -0.2) is 0 Å². The Bertz CT molecular complexity index is 425. The molecule has 3 rings (SSSR count). The molecule has 0 saturated carbocycles. The molecule has 2 heteroatoms. The van der Waals surface area contributed by atoms with Gasteiger partial charge in [-0.15, -0.1) is 0 Å². The summed E-state index contributed by atoms with van der Waals surface area (Å²) in [6.45, 7) is 4.07. The van der Waals surface area contributed by atoms with Crippen LogP contribution in [0, 0.1) is 5.92 Å². The van der Waals surface area contributed by atoms with Crippen LogP contribution in [0.25, 0.3) is 0 Å². The van der Waals surface area contributed by atoms with E-state index in [0.29, 0.717) is 11.8 Å². The Morgan fingerprint density at radius 2 is 1.89 bits per heavy atom. The highest BCUT2D eigenvalue weighted by Crippen LogP contribution is 2.46. The summed E-state index contributed by atoms with van der Waals surface area (Å²) in [6.07, 6.45) is 4.55. The summed E-state index contributed by atoms with van der Waals surface area (Å²) >= 11 is 0. The van der Waals surface area contributed by atoms with Crippen LogP contribution in [0.2, 0.25) is 0 Å². The minimum Gasteiger partial charge on any atom is -0.381 e. The number of benzene rings is 1. The van der Waals surface area contributed by atoms with Crippen LogP contribution in [-0.4, -0.2) is 13.2 Å². The summed E-state index contributed by atoms with van der Waals surface area (Å²) in [5.74, 6) is 1.23. The minimum absolute atomic E-state index is 0.118. The third kappa shape index (κ3) is 1.88. The lowest BCUT2D eigenvalue weighted by atomic mass is 9.65. The zero-order chi connectivity index (χ0) is 12.6. The van der Waals surface area contributed by atoms with Crippen molar-refractivity contribution in [3.8, 4) is 0 Å². The molecule has 1 aromatic carbocycles. The Morgan fingerprint density at radius 1 is 1.17 bits per heavy atom. The fraction of sp³-hybridized carbons (Fsp3) is 0.625. The van der Waals surface area contributed by atoms with Crippen LogP contribution in [0.1, 0.15) is 49.7 Å². The quantitative estimate of drug-likeness (QED) is 0.825. The van der Waals surface area contributed by atoms with E-state index in [4.69, 9.17) is 10.5 Å². The molecule has 0 radical (unpaired) electrons. The lowest BCUT2D eigenvalue weighted by molar-refractivity contribution is 0.0319. The highest BCUT2D eigenvalue weighted by molar-refractivity contribution is 5.39. The van der Waals surface area contributed by atoms with E-state index in [1.165, 1.54) is 17.5 Å². The van der Waals surface area contributed by atoms with Gasteiger partial charge in [0.15, 0.2) is 0 Å². The number of hydrogen-bond donors (Lipinski definition) is 1. The number of fused-ring (bicyclic) bond motifs is 1. The molecule has 1 aliphatic carbocycles. The molecule has 0 amide bonds. The fourth-order valence-corrected chi connectivity index (χ4v) is 3.73. The summed E-state index contributed by atoms with van der Waals surface area (Å²) in [7, 11) is 0. The van der Waals surface area contributed by atoms with Gasteiger partial charge < -0.3 is 10.5 Å². The van der Waals surface area contributed by atoms with Crippen LogP contribution in [0.5, 0.6) is 0 Å². The predicted octanol–water partition coefficient (Wildman–Crippen LogP) is 3.16. The first-order chi connectivity index (χ1) is 8.72. The van der Waals surface area contributed by atoms with Gasteiger partial charge in [0.05, 0.1) is 0 Å². The summed E-state index contributed by atoms with van der Waals surface area (Å²) in [4.78, 5) is 0. The van der Waals surface area contributed by atoms with E-state index in [1.54, 1.807) is 0 Å². The van der Waals surface area contributed by atoms with Crippen molar-refractivity contribution in [2.24, 2.45) is 11.7 Å². The third-order valence-electron chi connectivity index (χ3n) is 4.93. The average Bonchev–Trinajstić information content (AvgIpc) is 2.44. The second kappa shape index (κ2) is 4.67. The molecule has 2 atom stereocenters. The summed E-state index contributed by atoms with van der Waals surface area (Å²) in [5, 5.41) is 0. The summed E-state index contributed by atoms with van der Waals surface area (Å²) in [5.41, 5.74) is 9.60. The van der Waals surface area contributed by atoms with Crippen molar-refractivity contribution >= 4 is 0 Å². The van der Waals surface area contributed by atoms with Crippen molar-refractivity contribution < 1.29 is 4.74 Å². The summed E-state index contributed by atoms with van der Waals surface area (Å²) in [6, 6.07) is 8.80. The smallest absolute Gasteiger partial charge is 0.0469 e. The van der Waals surface area contributed by atoms with Crippen LogP contribution in [0.4, 0.5) is 0 Å². The van der Waals surface area contributed by atoms with Gasteiger partial charge in [0.1, 0.15) is 0 Å². The maximum Gasteiger partial charge on any atom is 0.0469 e. The number of ether oxygens (including phenoxy) is 1. The van der Waals surface area contributed by atoms with Gasteiger partial charge in [-0.2, -0.15) is 0 Å². The molecule has 1 aliphatic heterocycles. The van der Waals surface area contributed by atoms with Gasteiger partial charge in [0, 0.05) is 18.8 Å². The highest BCUT2D eigenvalue weighted by atomic mass is 16.5. The molecule has 18 heavy (non-hydrogen) atoms. The molecule has 2 unspecified atom stereocenters. The van der Waals surface area contributed by atoms with Crippen LogP contribution < -0.4 is 5.73 Å². The first-order valence-corrected chi connectivity index (χ1v) is 7.18. The van der Waals surface area contributed by atoms with Gasteiger partial charge in [0.2, 0.25) is 0 Å². The van der Waals surface area contributed by atoms with E-state index in [9.17, 15) is 0 Å². The third-order valence-corrected chi connectivity index (χ3v) is 4.93. The molecule has 0 aromatic heterocycles. The second-order valence-electron chi connectivity index (χ2n) is 5.95. The molecule has 98 valence electrons. The van der Waals surface area contributed by atoms with Crippen LogP contribution in [0.15, 0.2) is 24.3 Å². The SMILES string of the molecule is CC1CCC(N)(C2CCOCC2)c2ccccc21. The standard InChI is InChI=1S/C16H23NO/c1-12-6-9-16(17,13-7-10-18-11-8-13)15-5-3-2-4-14(12)15/h2-5,12-13H,6-11,17H2,1H3. The number of nitrogens with two attached hydrogens (primary N) is 1. The molecule has 1 saturated heterocycles. The molecular formula is C16H23NO. The zero-order valence-electron chi connectivity index (χ0n) is 11.2. The molecule has 2 aliphatic rings. The van der Waals surface area contributed by atoms with E-state index < -0.39 is 0 Å². The van der Waals surface area contributed by atoms with E-state index >= 15 is 0 Å². The fourth-order valence-electron chi connectivity index (χ4n) is 3.73. The van der Waals surface area contributed by atoms with Crippen LogP contribution >= 0.6 is 0 Å². The van der Waals surface area contributed by atoms with Gasteiger partial charge in [-0.3, -0.25) is 0 Å². The lowest BCUT2D eigenvalue weighted by Crippen LogP contribution is -2.49. The van der Waals surface area contributed by atoms with E-state index in [1.807, 2.05) is 0 Å². The van der Waals surface area contributed by atoms with Gasteiger partial charge >= 0.3 is 0 Å². The first kappa shape index (κ1) is 12.2. The largest absolute Gasteiger partial charge is 0.381 e. The Kier molecular flexibility index (Phi) is 3.16. The van der Waals surface area contributed by atoms with Gasteiger partial charge in [0.25, 0.3) is 0 Å². The molecule has 2 nitrogen and oxygen atoms in total. The van der Waals surface area contributed by atoms with Crippen molar-refractivity contribution in [2.45, 2.75) is 44.1 Å². The molecule has 1 aromatic rings. The van der Waals surface area contributed by atoms with Crippen molar-refractivity contribution in [3.05, 3.63) is 35.4 Å². The van der Waals surface area contributed by atoms with Crippen molar-refractivity contribution in [2.75, 3.05) is 13.2 Å². The minimum atomic E-state index is -0.118. The average molecular weight is 245 g/mol. The maximum absolute atomic E-state index is 6.85. The first-order valence-electron chi connectivity index (χ1n) is 7.18. The monoisotopic (exact) mass is 245 g/mol. The summed E-state index contributed by atoms with van der Waals surface area (Å²) < 4.78 is 5.49. The van der Waals surface area contributed by atoms with Crippen molar-refractivity contribution in [1.82, 2.24) is 0 Å². The molecule has 2 N–H and O–H groups in total.